The van der Waals surface area contributed by atoms with Gasteiger partial charge in [-0.2, -0.15) is 10.2 Å². The Labute approximate surface area is 155 Å². The smallest absolute Gasteiger partial charge is 0.344 e. The first-order valence-electron chi connectivity index (χ1n) is 8.11. The number of carbonyl (C=O) groups excluding carboxylic acids is 2. The van der Waals surface area contributed by atoms with Crippen LogP contribution in [0.2, 0.25) is 0 Å². The predicted octanol–water partition coefficient (Wildman–Crippen LogP) is 3.52. The van der Waals surface area contributed by atoms with Crippen LogP contribution in [0.25, 0.3) is 0 Å². The second kappa shape index (κ2) is 8.41. The summed E-state index contributed by atoms with van der Waals surface area (Å²) in [7, 11) is 0. The Hall–Kier alpha value is -3.98. The summed E-state index contributed by atoms with van der Waals surface area (Å²) in [5.41, 5.74) is 0.723. The van der Waals surface area contributed by atoms with E-state index < -0.39 is 11.9 Å². The minimum absolute atomic E-state index is 0.0524. The predicted molar refractivity (Wildman–Crippen MR) is 97.0 cm³/mol. The quantitative estimate of drug-likeness (QED) is 0.777. The number of ether oxygens (including phenoxy) is 2. The summed E-state index contributed by atoms with van der Waals surface area (Å²) < 4.78 is 10.4. The van der Waals surface area contributed by atoms with Crippen LogP contribution in [0.1, 0.15) is 22.3 Å². The fourth-order valence-electron chi connectivity index (χ4n) is 2.23. The van der Waals surface area contributed by atoms with E-state index in [2.05, 4.69) is 4.98 Å². The fraction of sp³-hybridized carbons (Fsp3) is 0.0476. The van der Waals surface area contributed by atoms with E-state index >= 15 is 0 Å². The van der Waals surface area contributed by atoms with Crippen molar-refractivity contribution in [1.29, 1.82) is 5.26 Å². The van der Waals surface area contributed by atoms with Gasteiger partial charge in [-0.15, -0.1) is 0 Å². The molecule has 1 aromatic heterocycles. The first-order chi connectivity index (χ1) is 13.2. The Morgan fingerprint density at radius 3 is 2.59 bits per heavy atom. The van der Waals surface area contributed by atoms with Gasteiger partial charge in [0.1, 0.15) is 11.6 Å². The molecule has 0 bridgehead atoms. The number of hydrogen-bond acceptors (Lipinski definition) is 6. The zero-order valence-corrected chi connectivity index (χ0v) is 14.2. The first-order valence-corrected chi connectivity index (χ1v) is 8.11. The van der Waals surface area contributed by atoms with E-state index in [1.165, 1.54) is 12.1 Å². The number of pyridine rings is 1. The number of nitrogens with zero attached hydrogens (tertiary/aromatic N) is 2. The Morgan fingerprint density at radius 2 is 1.81 bits per heavy atom. The van der Waals surface area contributed by atoms with Gasteiger partial charge in [-0.05, 0) is 30.7 Å². The van der Waals surface area contributed by atoms with E-state index in [0.29, 0.717) is 17.6 Å². The number of allylic oxidation sites excluding steroid dienone is 4. The van der Waals surface area contributed by atoms with Crippen LogP contribution in [0.5, 0.6) is 11.8 Å². The van der Waals surface area contributed by atoms with Crippen molar-refractivity contribution in [1.82, 2.24) is 4.98 Å². The second-order valence-corrected chi connectivity index (χ2v) is 5.45. The van der Waals surface area contributed by atoms with Crippen LogP contribution in [0.4, 0.5) is 0 Å². The molecule has 0 unspecified atom stereocenters. The van der Waals surface area contributed by atoms with Gasteiger partial charge in [0.25, 0.3) is 0 Å². The Kier molecular flexibility index (Phi) is 5.55. The van der Waals surface area contributed by atoms with Crippen LogP contribution in [0, 0.1) is 11.3 Å². The summed E-state index contributed by atoms with van der Waals surface area (Å²) in [5.74, 6) is -1.56. The van der Waals surface area contributed by atoms with E-state index in [1.807, 2.05) is 18.2 Å². The zero-order valence-electron chi connectivity index (χ0n) is 14.2. The van der Waals surface area contributed by atoms with Gasteiger partial charge in [0.15, 0.2) is 0 Å². The lowest BCUT2D eigenvalue weighted by Gasteiger charge is -2.08. The SMILES string of the molecule is N#Cc1ccc(OC(=O)c2ccccc2)nc1OC(=O)C1=CC=CCC=C1. The molecule has 27 heavy (non-hydrogen) atoms. The van der Waals surface area contributed by atoms with Gasteiger partial charge in [-0.3, -0.25) is 0 Å². The molecule has 0 saturated heterocycles. The average molecular weight is 358 g/mol. The number of carbonyl (C=O) groups is 2. The molecule has 6 heteroatoms. The van der Waals surface area contributed by atoms with E-state index in [1.54, 1.807) is 48.6 Å². The summed E-state index contributed by atoms with van der Waals surface area (Å²) in [6.07, 6.45) is 9.39. The molecular formula is C21H14N2O4. The summed E-state index contributed by atoms with van der Waals surface area (Å²) >= 11 is 0. The summed E-state index contributed by atoms with van der Waals surface area (Å²) in [5, 5.41) is 9.21. The van der Waals surface area contributed by atoms with Crippen molar-refractivity contribution in [3.63, 3.8) is 0 Å². The molecule has 6 nitrogen and oxygen atoms in total. The average Bonchev–Trinajstić information content (AvgIpc) is 2.98. The highest BCUT2D eigenvalue weighted by Gasteiger charge is 2.17. The third kappa shape index (κ3) is 4.55. The van der Waals surface area contributed by atoms with E-state index in [9.17, 15) is 14.9 Å². The highest BCUT2D eigenvalue weighted by Crippen LogP contribution is 2.21. The Bertz CT molecular complexity index is 999. The van der Waals surface area contributed by atoms with Crippen LogP contribution >= 0.6 is 0 Å². The van der Waals surface area contributed by atoms with E-state index in [4.69, 9.17) is 9.47 Å². The van der Waals surface area contributed by atoms with Crippen molar-refractivity contribution in [2.24, 2.45) is 0 Å². The molecule has 1 aromatic carbocycles. The van der Waals surface area contributed by atoms with Gasteiger partial charge in [-0.1, -0.05) is 42.5 Å². The lowest BCUT2D eigenvalue weighted by Crippen LogP contribution is -2.13. The van der Waals surface area contributed by atoms with E-state index in [-0.39, 0.29) is 17.3 Å². The number of rotatable bonds is 4. The largest absolute Gasteiger partial charge is 0.404 e. The van der Waals surface area contributed by atoms with Crippen LogP contribution in [0.15, 0.2) is 78.4 Å². The highest BCUT2D eigenvalue weighted by molar-refractivity contribution is 5.93. The summed E-state index contributed by atoms with van der Waals surface area (Å²) in [6, 6.07) is 13.0. The van der Waals surface area contributed by atoms with Crippen molar-refractivity contribution in [2.45, 2.75) is 6.42 Å². The monoisotopic (exact) mass is 358 g/mol. The van der Waals surface area contributed by atoms with Crippen molar-refractivity contribution in [3.8, 4) is 17.8 Å². The molecule has 1 heterocycles. The molecule has 0 atom stereocenters. The number of benzene rings is 1. The fourth-order valence-corrected chi connectivity index (χ4v) is 2.23. The third-order valence-corrected chi connectivity index (χ3v) is 3.57. The molecular weight excluding hydrogens is 344 g/mol. The maximum absolute atomic E-state index is 12.3. The minimum atomic E-state index is -0.659. The normalized spacial score (nSPS) is 12.5. The summed E-state index contributed by atoms with van der Waals surface area (Å²) in [6.45, 7) is 0. The maximum atomic E-state index is 12.3. The lowest BCUT2D eigenvalue weighted by atomic mass is 10.2. The number of aromatic nitrogens is 1. The highest BCUT2D eigenvalue weighted by atomic mass is 16.6. The van der Waals surface area contributed by atoms with Gasteiger partial charge in [0, 0.05) is 6.07 Å². The molecule has 1 aliphatic carbocycles. The van der Waals surface area contributed by atoms with Crippen molar-refractivity contribution in [3.05, 3.63) is 89.5 Å². The molecule has 0 fully saturated rings. The molecule has 0 radical (unpaired) electrons. The van der Waals surface area contributed by atoms with Crippen LogP contribution in [-0.4, -0.2) is 16.9 Å². The maximum Gasteiger partial charge on any atom is 0.344 e. The topological polar surface area (TPSA) is 89.3 Å². The third-order valence-electron chi connectivity index (χ3n) is 3.57. The molecule has 3 rings (SSSR count). The molecule has 0 aliphatic heterocycles. The number of esters is 2. The van der Waals surface area contributed by atoms with Crippen molar-refractivity contribution >= 4 is 11.9 Å². The first kappa shape index (κ1) is 17.8. The van der Waals surface area contributed by atoms with Crippen LogP contribution in [0.3, 0.4) is 0 Å². The molecule has 0 amide bonds. The molecule has 0 saturated carbocycles. The van der Waals surface area contributed by atoms with Gasteiger partial charge < -0.3 is 9.47 Å². The van der Waals surface area contributed by atoms with Gasteiger partial charge in [0.2, 0.25) is 11.8 Å². The molecule has 132 valence electrons. The van der Waals surface area contributed by atoms with Gasteiger partial charge in [0.05, 0.1) is 11.1 Å². The van der Waals surface area contributed by atoms with Crippen molar-refractivity contribution in [2.75, 3.05) is 0 Å². The Morgan fingerprint density at radius 1 is 1.00 bits per heavy atom. The number of hydrogen-bond donors (Lipinski definition) is 0. The minimum Gasteiger partial charge on any atom is -0.404 e. The second-order valence-electron chi connectivity index (χ2n) is 5.45. The molecule has 1 aliphatic rings. The standard InChI is InChI=1S/C21H14N2O4/c22-14-17-12-13-18(26-20(24)15-10-6-3-7-11-15)23-19(17)27-21(25)16-8-4-1-2-5-9-16/h1,3-13H,2H2. The van der Waals surface area contributed by atoms with E-state index in [0.717, 1.165) is 0 Å². The van der Waals surface area contributed by atoms with Gasteiger partial charge in [-0.25, -0.2) is 9.59 Å². The summed E-state index contributed by atoms with van der Waals surface area (Å²) in [4.78, 5) is 28.4. The lowest BCUT2D eigenvalue weighted by molar-refractivity contribution is -0.130. The van der Waals surface area contributed by atoms with Crippen molar-refractivity contribution < 1.29 is 19.1 Å². The zero-order chi connectivity index (χ0) is 19.1. The molecule has 0 N–H and O–H groups in total. The Balaban J connectivity index is 1.80. The van der Waals surface area contributed by atoms with Crippen LogP contribution in [-0.2, 0) is 4.79 Å². The number of nitriles is 1. The van der Waals surface area contributed by atoms with Crippen LogP contribution < -0.4 is 9.47 Å². The molecule has 2 aromatic rings. The molecule has 0 spiro atoms. The van der Waals surface area contributed by atoms with Gasteiger partial charge >= 0.3 is 11.9 Å².